The van der Waals surface area contributed by atoms with Gasteiger partial charge in [0, 0.05) is 16.5 Å². The maximum absolute atomic E-state index is 10.3. The Balaban J connectivity index is 2.20. The Morgan fingerprint density at radius 2 is 2.00 bits per heavy atom. The van der Waals surface area contributed by atoms with Gasteiger partial charge in [0.15, 0.2) is 0 Å². The number of methoxy groups -OCH3 is 1. The SMILES string of the molecule is COc1cccc(CC(O)c2cccc(Br)c2Cl)c1. The summed E-state index contributed by atoms with van der Waals surface area (Å²) in [4.78, 5) is 0. The number of aliphatic hydroxyl groups is 1. The molecule has 1 unspecified atom stereocenters. The van der Waals surface area contributed by atoms with E-state index in [1.54, 1.807) is 7.11 Å². The Morgan fingerprint density at radius 1 is 1.26 bits per heavy atom. The normalized spacial score (nSPS) is 12.2. The van der Waals surface area contributed by atoms with E-state index in [0.29, 0.717) is 11.4 Å². The highest BCUT2D eigenvalue weighted by atomic mass is 79.9. The van der Waals surface area contributed by atoms with Crippen LogP contribution in [0, 0.1) is 0 Å². The first kappa shape index (κ1) is 14.4. The lowest BCUT2D eigenvalue weighted by Gasteiger charge is -2.14. The van der Waals surface area contributed by atoms with Crippen LogP contribution in [0.1, 0.15) is 17.2 Å². The van der Waals surface area contributed by atoms with Gasteiger partial charge < -0.3 is 9.84 Å². The number of rotatable bonds is 4. The molecule has 0 fully saturated rings. The van der Waals surface area contributed by atoms with E-state index in [-0.39, 0.29) is 0 Å². The standard InChI is InChI=1S/C15H14BrClO2/c1-19-11-5-2-4-10(8-11)9-14(18)12-6-3-7-13(16)15(12)17/h2-8,14,18H,9H2,1H3. The van der Waals surface area contributed by atoms with Gasteiger partial charge in [-0.2, -0.15) is 0 Å². The van der Waals surface area contributed by atoms with Crippen LogP contribution in [0.2, 0.25) is 5.02 Å². The predicted molar refractivity (Wildman–Crippen MR) is 80.8 cm³/mol. The fourth-order valence-electron chi connectivity index (χ4n) is 1.91. The first-order valence-electron chi connectivity index (χ1n) is 5.86. The minimum atomic E-state index is -0.642. The molecule has 0 amide bonds. The third kappa shape index (κ3) is 3.50. The summed E-state index contributed by atoms with van der Waals surface area (Å²) in [6, 6.07) is 13.2. The molecule has 0 heterocycles. The second-order valence-electron chi connectivity index (χ2n) is 4.21. The van der Waals surface area contributed by atoms with Crippen molar-refractivity contribution in [2.45, 2.75) is 12.5 Å². The topological polar surface area (TPSA) is 29.5 Å². The number of ether oxygens (including phenoxy) is 1. The quantitative estimate of drug-likeness (QED) is 0.894. The van der Waals surface area contributed by atoms with Crippen molar-refractivity contribution < 1.29 is 9.84 Å². The smallest absolute Gasteiger partial charge is 0.119 e. The van der Waals surface area contributed by atoms with Crippen molar-refractivity contribution in [2.75, 3.05) is 7.11 Å². The third-order valence-electron chi connectivity index (χ3n) is 2.90. The van der Waals surface area contributed by atoms with E-state index < -0.39 is 6.10 Å². The van der Waals surface area contributed by atoms with Crippen LogP contribution >= 0.6 is 27.5 Å². The van der Waals surface area contributed by atoms with Crippen molar-refractivity contribution in [3.05, 3.63) is 63.1 Å². The molecule has 1 N–H and O–H groups in total. The molecule has 0 aromatic heterocycles. The summed E-state index contributed by atoms with van der Waals surface area (Å²) in [5.74, 6) is 0.782. The summed E-state index contributed by atoms with van der Waals surface area (Å²) in [5.41, 5.74) is 1.72. The average Bonchev–Trinajstić information content (AvgIpc) is 2.42. The lowest BCUT2D eigenvalue weighted by Crippen LogP contribution is -2.03. The van der Waals surface area contributed by atoms with Gasteiger partial charge in [-0.25, -0.2) is 0 Å². The van der Waals surface area contributed by atoms with Gasteiger partial charge in [0.25, 0.3) is 0 Å². The van der Waals surface area contributed by atoms with E-state index in [0.717, 1.165) is 21.3 Å². The van der Waals surface area contributed by atoms with Crippen LogP contribution in [-0.4, -0.2) is 12.2 Å². The van der Waals surface area contributed by atoms with Crippen molar-refractivity contribution in [3.63, 3.8) is 0 Å². The fourth-order valence-corrected chi connectivity index (χ4v) is 2.54. The number of aliphatic hydroxyl groups excluding tert-OH is 1. The molecule has 0 saturated carbocycles. The first-order valence-corrected chi connectivity index (χ1v) is 7.04. The van der Waals surface area contributed by atoms with Crippen LogP contribution in [0.5, 0.6) is 5.75 Å². The molecular weight excluding hydrogens is 328 g/mol. The van der Waals surface area contributed by atoms with Crippen LogP contribution in [0.3, 0.4) is 0 Å². The zero-order valence-electron chi connectivity index (χ0n) is 10.4. The molecule has 0 bridgehead atoms. The lowest BCUT2D eigenvalue weighted by molar-refractivity contribution is 0.178. The van der Waals surface area contributed by atoms with Crippen molar-refractivity contribution in [3.8, 4) is 5.75 Å². The molecule has 2 nitrogen and oxygen atoms in total. The zero-order chi connectivity index (χ0) is 13.8. The number of halogens is 2. The zero-order valence-corrected chi connectivity index (χ0v) is 12.8. The van der Waals surface area contributed by atoms with E-state index >= 15 is 0 Å². The second kappa shape index (κ2) is 6.42. The largest absolute Gasteiger partial charge is 0.497 e. The Kier molecular flexibility index (Phi) is 4.86. The fraction of sp³-hybridized carbons (Fsp3) is 0.200. The number of benzene rings is 2. The highest BCUT2D eigenvalue weighted by molar-refractivity contribution is 9.10. The summed E-state index contributed by atoms with van der Waals surface area (Å²) in [7, 11) is 1.63. The molecule has 0 aliphatic carbocycles. The van der Waals surface area contributed by atoms with Crippen LogP contribution in [0.25, 0.3) is 0 Å². The maximum Gasteiger partial charge on any atom is 0.119 e. The van der Waals surface area contributed by atoms with Gasteiger partial charge in [0.05, 0.1) is 18.2 Å². The molecule has 0 saturated heterocycles. The molecule has 100 valence electrons. The van der Waals surface area contributed by atoms with Gasteiger partial charge in [-0.3, -0.25) is 0 Å². The number of hydrogen-bond donors (Lipinski definition) is 1. The molecule has 0 spiro atoms. The second-order valence-corrected chi connectivity index (χ2v) is 5.45. The van der Waals surface area contributed by atoms with Crippen LogP contribution in [0.4, 0.5) is 0 Å². The molecule has 0 aliphatic heterocycles. The van der Waals surface area contributed by atoms with Gasteiger partial charge >= 0.3 is 0 Å². The Labute approximate surface area is 126 Å². The van der Waals surface area contributed by atoms with Crippen molar-refractivity contribution >= 4 is 27.5 Å². The molecule has 2 aromatic carbocycles. The Hall–Kier alpha value is -1.03. The highest BCUT2D eigenvalue weighted by Gasteiger charge is 2.14. The maximum atomic E-state index is 10.3. The molecule has 2 rings (SSSR count). The highest BCUT2D eigenvalue weighted by Crippen LogP contribution is 2.32. The molecule has 4 heteroatoms. The third-order valence-corrected chi connectivity index (χ3v) is 4.21. The van der Waals surface area contributed by atoms with E-state index in [2.05, 4.69) is 15.9 Å². The lowest BCUT2D eigenvalue weighted by atomic mass is 10.0. The summed E-state index contributed by atoms with van der Waals surface area (Å²) in [6.07, 6.45) is -0.148. The summed E-state index contributed by atoms with van der Waals surface area (Å²) in [6.45, 7) is 0. The van der Waals surface area contributed by atoms with Crippen molar-refractivity contribution in [2.24, 2.45) is 0 Å². The Morgan fingerprint density at radius 3 is 2.74 bits per heavy atom. The van der Waals surface area contributed by atoms with E-state index in [1.807, 2.05) is 42.5 Å². The minimum absolute atomic E-state index is 0.493. The van der Waals surface area contributed by atoms with Crippen LogP contribution < -0.4 is 4.74 Å². The molecule has 0 radical (unpaired) electrons. The minimum Gasteiger partial charge on any atom is -0.497 e. The van der Waals surface area contributed by atoms with Gasteiger partial charge in [0.1, 0.15) is 5.75 Å². The molecule has 0 aliphatic rings. The molecule has 19 heavy (non-hydrogen) atoms. The van der Waals surface area contributed by atoms with E-state index in [1.165, 1.54) is 0 Å². The molecule has 2 aromatic rings. The summed E-state index contributed by atoms with van der Waals surface area (Å²) < 4.78 is 5.96. The first-order chi connectivity index (χ1) is 9.11. The molecule has 1 atom stereocenters. The van der Waals surface area contributed by atoms with Crippen LogP contribution in [0.15, 0.2) is 46.9 Å². The van der Waals surface area contributed by atoms with E-state index in [4.69, 9.17) is 16.3 Å². The summed E-state index contributed by atoms with van der Waals surface area (Å²) >= 11 is 9.54. The molecular formula is C15H14BrClO2. The van der Waals surface area contributed by atoms with Gasteiger partial charge in [-0.1, -0.05) is 35.9 Å². The average molecular weight is 342 g/mol. The van der Waals surface area contributed by atoms with Gasteiger partial charge in [-0.15, -0.1) is 0 Å². The van der Waals surface area contributed by atoms with Crippen LogP contribution in [-0.2, 0) is 6.42 Å². The number of hydrogen-bond acceptors (Lipinski definition) is 2. The van der Waals surface area contributed by atoms with Crippen molar-refractivity contribution in [1.29, 1.82) is 0 Å². The van der Waals surface area contributed by atoms with Crippen molar-refractivity contribution in [1.82, 2.24) is 0 Å². The van der Waals surface area contributed by atoms with Gasteiger partial charge in [0.2, 0.25) is 0 Å². The van der Waals surface area contributed by atoms with E-state index in [9.17, 15) is 5.11 Å². The monoisotopic (exact) mass is 340 g/mol. The van der Waals surface area contributed by atoms with Gasteiger partial charge in [-0.05, 0) is 39.7 Å². The predicted octanol–water partition coefficient (Wildman–Crippen LogP) is 4.39. The summed E-state index contributed by atoms with van der Waals surface area (Å²) in [5, 5.41) is 10.9. The Bertz CT molecular complexity index is 572.